The largest absolute Gasteiger partial charge is 0.481 e. The second-order valence-electron chi connectivity index (χ2n) is 14.2. The molecular formula is C29H44O4. The van der Waals surface area contributed by atoms with Crippen LogP contribution in [0.4, 0.5) is 0 Å². The average molecular weight is 457 g/mol. The number of hydrogen-bond donors (Lipinski definition) is 2. The van der Waals surface area contributed by atoms with Crippen molar-refractivity contribution in [1.82, 2.24) is 0 Å². The first-order valence-corrected chi connectivity index (χ1v) is 13.4. The molecule has 4 saturated carbocycles. The number of ketones is 1. The number of aliphatic carboxylic acids is 1. The van der Waals surface area contributed by atoms with Crippen LogP contribution in [-0.2, 0) is 9.59 Å². The molecular weight excluding hydrogens is 412 g/mol. The molecule has 0 bridgehead atoms. The zero-order valence-electron chi connectivity index (χ0n) is 21.5. The van der Waals surface area contributed by atoms with Gasteiger partial charge in [-0.1, -0.05) is 47.1 Å². The van der Waals surface area contributed by atoms with Crippen LogP contribution in [0.5, 0.6) is 0 Å². The highest BCUT2D eigenvalue weighted by molar-refractivity contribution is 5.95. The fourth-order valence-corrected chi connectivity index (χ4v) is 10.2. The molecule has 9 atom stereocenters. The second kappa shape index (κ2) is 6.95. The summed E-state index contributed by atoms with van der Waals surface area (Å²) in [6, 6.07) is 0. The summed E-state index contributed by atoms with van der Waals surface area (Å²) in [5, 5.41) is 20.6. The maximum Gasteiger partial charge on any atom is 0.306 e. The maximum absolute atomic E-state index is 14.1. The van der Waals surface area contributed by atoms with Gasteiger partial charge in [0.2, 0.25) is 0 Å². The van der Waals surface area contributed by atoms with Gasteiger partial charge in [-0.3, -0.25) is 9.59 Å². The third kappa shape index (κ3) is 2.85. The van der Waals surface area contributed by atoms with E-state index >= 15 is 0 Å². The van der Waals surface area contributed by atoms with Crippen molar-refractivity contribution in [3.63, 3.8) is 0 Å². The van der Waals surface area contributed by atoms with Gasteiger partial charge in [0.25, 0.3) is 0 Å². The fourth-order valence-electron chi connectivity index (χ4n) is 10.2. The average Bonchev–Trinajstić information content (AvgIpc) is 2.72. The lowest BCUT2D eigenvalue weighted by Crippen LogP contribution is -2.66. The van der Waals surface area contributed by atoms with Gasteiger partial charge in [0, 0.05) is 5.92 Å². The zero-order chi connectivity index (χ0) is 24.2. The van der Waals surface area contributed by atoms with Gasteiger partial charge in [-0.15, -0.1) is 0 Å². The first kappa shape index (κ1) is 23.6. The first-order chi connectivity index (χ1) is 15.2. The molecule has 0 aliphatic heterocycles. The van der Waals surface area contributed by atoms with Crippen LogP contribution < -0.4 is 0 Å². The Morgan fingerprint density at radius 2 is 1.64 bits per heavy atom. The van der Waals surface area contributed by atoms with Gasteiger partial charge in [0.15, 0.2) is 5.78 Å². The SMILES string of the molecule is CC1(C)C(O)CCC2(C)C1CC[C@]1(C)C2C(=O)C=C2C3CC(C(=O)O)CC[C@]3(C)CC[C@]21C. The van der Waals surface area contributed by atoms with Crippen molar-refractivity contribution in [3.8, 4) is 0 Å². The normalized spacial score (nSPS) is 53.1. The van der Waals surface area contributed by atoms with Crippen molar-refractivity contribution in [3.05, 3.63) is 11.6 Å². The number of carboxylic acids is 1. The van der Waals surface area contributed by atoms with Crippen molar-refractivity contribution >= 4 is 11.8 Å². The monoisotopic (exact) mass is 456 g/mol. The Balaban J connectivity index is 1.61. The number of aliphatic hydroxyl groups is 1. The van der Waals surface area contributed by atoms with Gasteiger partial charge in [-0.25, -0.2) is 0 Å². The molecule has 0 amide bonds. The maximum atomic E-state index is 14.1. The predicted octanol–water partition coefficient (Wildman–Crippen LogP) is 6.02. The summed E-state index contributed by atoms with van der Waals surface area (Å²) in [6.07, 6.45) is 10.1. The fraction of sp³-hybridized carbons (Fsp3) is 0.862. The lowest BCUT2D eigenvalue weighted by atomic mass is 9.33. The van der Waals surface area contributed by atoms with Crippen LogP contribution in [0.1, 0.15) is 99.3 Å². The molecule has 4 nitrogen and oxygen atoms in total. The van der Waals surface area contributed by atoms with E-state index in [0.29, 0.717) is 12.3 Å². The lowest BCUT2D eigenvalue weighted by Gasteiger charge is -2.70. The number of carboxylic acid groups (broad SMARTS) is 1. The summed E-state index contributed by atoms with van der Waals surface area (Å²) < 4.78 is 0. The number of carbonyl (C=O) groups excluding carboxylic acids is 1. The van der Waals surface area contributed by atoms with Crippen LogP contribution >= 0.6 is 0 Å². The molecule has 5 aliphatic rings. The lowest BCUT2D eigenvalue weighted by molar-refractivity contribution is -0.201. The molecule has 6 unspecified atom stereocenters. The van der Waals surface area contributed by atoms with Gasteiger partial charge in [0.05, 0.1) is 12.0 Å². The minimum Gasteiger partial charge on any atom is -0.481 e. The van der Waals surface area contributed by atoms with E-state index in [9.17, 15) is 19.8 Å². The number of rotatable bonds is 1. The van der Waals surface area contributed by atoms with Crippen molar-refractivity contribution < 1.29 is 19.8 Å². The van der Waals surface area contributed by atoms with Gasteiger partial charge in [0.1, 0.15) is 0 Å². The van der Waals surface area contributed by atoms with E-state index in [0.717, 1.165) is 51.4 Å². The number of fused-ring (bicyclic) bond motifs is 7. The molecule has 0 heterocycles. The standard InChI is InChI=1S/C29H44O4/c1-25(2)21-8-12-29(6)23(27(21,4)11-9-22(25)31)20(30)16-19-18-15-17(24(32)33)7-10-26(18,3)13-14-28(19,29)5/h16-18,21-23,31H,7-15H2,1-6H3,(H,32,33)/t17?,18?,21?,22?,23?,26-,27?,28-,29-/m1/s1. The van der Waals surface area contributed by atoms with Crippen molar-refractivity contribution in [2.75, 3.05) is 0 Å². The second-order valence-corrected chi connectivity index (χ2v) is 14.2. The molecule has 0 aromatic rings. The quantitative estimate of drug-likeness (QED) is 0.506. The molecule has 33 heavy (non-hydrogen) atoms. The molecule has 0 radical (unpaired) electrons. The van der Waals surface area contributed by atoms with Gasteiger partial charge in [-0.2, -0.15) is 0 Å². The summed E-state index contributed by atoms with van der Waals surface area (Å²) >= 11 is 0. The Morgan fingerprint density at radius 3 is 2.30 bits per heavy atom. The minimum absolute atomic E-state index is 0.0208. The molecule has 184 valence electrons. The molecule has 5 aliphatic carbocycles. The van der Waals surface area contributed by atoms with Gasteiger partial charge in [-0.05, 0) is 103 Å². The van der Waals surface area contributed by atoms with E-state index in [2.05, 4.69) is 41.5 Å². The minimum atomic E-state index is -0.674. The summed E-state index contributed by atoms with van der Waals surface area (Å²) in [5.74, 6) is -0.163. The molecule has 4 heteroatoms. The van der Waals surface area contributed by atoms with Crippen LogP contribution in [0.25, 0.3) is 0 Å². The van der Waals surface area contributed by atoms with Crippen molar-refractivity contribution in [1.29, 1.82) is 0 Å². The van der Waals surface area contributed by atoms with Crippen LogP contribution in [-0.4, -0.2) is 28.1 Å². The molecule has 5 rings (SSSR count). The Morgan fingerprint density at radius 1 is 0.939 bits per heavy atom. The summed E-state index contributed by atoms with van der Waals surface area (Å²) in [6.45, 7) is 13.9. The van der Waals surface area contributed by atoms with Crippen LogP contribution in [0.3, 0.4) is 0 Å². The van der Waals surface area contributed by atoms with E-state index in [1.807, 2.05) is 6.08 Å². The number of carbonyl (C=O) groups is 2. The highest BCUT2D eigenvalue weighted by Gasteiger charge is 2.69. The van der Waals surface area contributed by atoms with Gasteiger partial charge >= 0.3 is 5.97 Å². The zero-order valence-corrected chi connectivity index (χ0v) is 21.5. The highest BCUT2D eigenvalue weighted by Crippen LogP contribution is 2.74. The third-order valence-electron chi connectivity index (χ3n) is 12.6. The Hall–Kier alpha value is -1.16. The third-order valence-corrected chi connectivity index (χ3v) is 12.6. The molecule has 0 saturated heterocycles. The van der Waals surface area contributed by atoms with Gasteiger partial charge < -0.3 is 10.2 Å². The topological polar surface area (TPSA) is 74.6 Å². The number of allylic oxidation sites excluding steroid dienone is 2. The van der Waals surface area contributed by atoms with Crippen molar-refractivity contribution in [2.45, 2.75) is 105 Å². The molecule has 0 spiro atoms. The summed E-state index contributed by atoms with van der Waals surface area (Å²) in [5.41, 5.74) is 0.929. The molecule has 2 N–H and O–H groups in total. The smallest absolute Gasteiger partial charge is 0.306 e. The van der Waals surface area contributed by atoms with E-state index in [-0.39, 0.29) is 56.7 Å². The van der Waals surface area contributed by atoms with E-state index in [4.69, 9.17) is 0 Å². The predicted molar refractivity (Wildman–Crippen MR) is 128 cm³/mol. The van der Waals surface area contributed by atoms with Crippen LogP contribution in [0.15, 0.2) is 11.6 Å². The number of aliphatic hydroxyl groups excluding tert-OH is 1. The Bertz CT molecular complexity index is 919. The van der Waals surface area contributed by atoms with Crippen molar-refractivity contribution in [2.24, 2.45) is 50.7 Å². The Kier molecular flexibility index (Phi) is 4.97. The van der Waals surface area contributed by atoms with Crippen LogP contribution in [0, 0.1) is 50.7 Å². The summed E-state index contributed by atoms with van der Waals surface area (Å²) in [4.78, 5) is 26.0. The van der Waals surface area contributed by atoms with E-state index < -0.39 is 5.97 Å². The van der Waals surface area contributed by atoms with Crippen LogP contribution in [0.2, 0.25) is 0 Å². The highest BCUT2D eigenvalue weighted by atomic mass is 16.4. The first-order valence-electron chi connectivity index (χ1n) is 13.4. The summed E-state index contributed by atoms with van der Waals surface area (Å²) in [7, 11) is 0. The Labute approximate surface area is 199 Å². The molecule has 0 aromatic heterocycles. The molecule has 4 fully saturated rings. The molecule has 0 aromatic carbocycles. The van der Waals surface area contributed by atoms with E-state index in [1.54, 1.807) is 0 Å². The number of hydrogen-bond acceptors (Lipinski definition) is 3. The van der Waals surface area contributed by atoms with E-state index in [1.165, 1.54) is 5.57 Å².